The van der Waals surface area contributed by atoms with Crippen molar-refractivity contribution in [2.75, 3.05) is 0 Å². The maximum absolute atomic E-state index is 7.32. The van der Waals surface area contributed by atoms with Gasteiger partial charge in [-0.3, -0.25) is 0 Å². The van der Waals surface area contributed by atoms with Crippen LogP contribution < -0.4 is 0 Å². The highest BCUT2D eigenvalue weighted by Gasteiger charge is 2.48. The Morgan fingerprint density at radius 3 is 1.82 bits per heavy atom. The number of hydrogen-bond donors (Lipinski definition) is 0. The Morgan fingerprint density at radius 1 is 1.12 bits per heavy atom. The summed E-state index contributed by atoms with van der Waals surface area (Å²) in [5.74, 6) is 0. The predicted molar refractivity (Wildman–Crippen MR) is 73.6 cm³/mol. The van der Waals surface area contributed by atoms with Gasteiger partial charge in [0.2, 0.25) is 0 Å². The van der Waals surface area contributed by atoms with Crippen molar-refractivity contribution < 1.29 is 0 Å². The fourth-order valence-electron chi connectivity index (χ4n) is 3.70. The molecule has 3 aliphatic rings. The topological polar surface area (TPSA) is 23.8 Å². The Balaban J connectivity index is 0.000000437. The first-order valence-corrected chi connectivity index (χ1v) is 7.07. The molecule has 0 aliphatic heterocycles. The lowest BCUT2D eigenvalue weighted by molar-refractivity contribution is 0.0105. The van der Waals surface area contributed by atoms with Crippen LogP contribution in [0.5, 0.6) is 0 Å². The first kappa shape index (κ1) is 14.3. The fourth-order valence-corrected chi connectivity index (χ4v) is 3.70. The van der Waals surface area contributed by atoms with Gasteiger partial charge < -0.3 is 0 Å². The molecule has 1 nitrogen and oxygen atoms in total. The first-order valence-electron chi connectivity index (χ1n) is 7.07. The number of fused-ring (bicyclic) bond motifs is 3. The van der Waals surface area contributed by atoms with Gasteiger partial charge >= 0.3 is 0 Å². The van der Waals surface area contributed by atoms with Gasteiger partial charge in [0.05, 0.1) is 6.07 Å². The molecule has 0 aromatic rings. The summed E-state index contributed by atoms with van der Waals surface area (Å²) >= 11 is 0. The van der Waals surface area contributed by atoms with Crippen LogP contribution in [-0.2, 0) is 0 Å². The van der Waals surface area contributed by atoms with Crippen LogP contribution >= 0.6 is 0 Å². The van der Waals surface area contributed by atoms with E-state index in [9.17, 15) is 0 Å². The molecule has 0 atom stereocenters. The lowest BCUT2D eigenvalue weighted by Crippen LogP contribution is -2.41. The summed E-state index contributed by atoms with van der Waals surface area (Å²) in [5, 5.41) is 7.32. The second-order valence-corrected chi connectivity index (χ2v) is 5.81. The van der Waals surface area contributed by atoms with Gasteiger partial charge in [-0.1, -0.05) is 32.4 Å². The van der Waals surface area contributed by atoms with Crippen LogP contribution in [0.25, 0.3) is 0 Å². The monoisotopic (exact) mass is 233 g/mol. The molecule has 96 valence electrons. The molecule has 0 heterocycles. The quantitative estimate of drug-likeness (QED) is 0.612. The maximum Gasteiger partial charge on any atom is 0.0587 e. The minimum atomic E-state index is 0.575. The van der Waals surface area contributed by atoms with Crippen LogP contribution in [0.15, 0.2) is 12.2 Å². The molecular weight excluding hydrogens is 206 g/mol. The molecule has 0 aromatic carbocycles. The Morgan fingerprint density at radius 2 is 1.53 bits per heavy atom. The molecule has 0 aromatic heterocycles. The summed E-state index contributed by atoms with van der Waals surface area (Å²) in [4.78, 5) is 0. The second-order valence-electron chi connectivity index (χ2n) is 5.81. The molecule has 0 spiro atoms. The third-order valence-electron chi connectivity index (χ3n) is 5.33. The van der Waals surface area contributed by atoms with Crippen molar-refractivity contribution >= 4 is 0 Å². The molecule has 0 N–H and O–H groups in total. The molecule has 2 bridgehead atoms. The van der Waals surface area contributed by atoms with Gasteiger partial charge in [-0.05, 0) is 55.8 Å². The van der Waals surface area contributed by atoms with E-state index in [2.05, 4.69) is 20.4 Å². The Bertz CT molecular complexity index is 283. The van der Waals surface area contributed by atoms with E-state index >= 15 is 0 Å². The molecule has 0 saturated heterocycles. The lowest BCUT2D eigenvalue weighted by Gasteiger charge is -2.54. The van der Waals surface area contributed by atoms with Crippen LogP contribution in [0.3, 0.4) is 0 Å². The summed E-state index contributed by atoms with van der Waals surface area (Å²) < 4.78 is 0. The third-order valence-corrected chi connectivity index (χ3v) is 5.33. The smallest absolute Gasteiger partial charge is 0.0587 e. The van der Waals surface area contributed by atoms with E-state index in [1.165, 1.54) is 58.3 Å². The number of hydrogen-bond acceptors (Lipinski definition) is 1. The van der Waals surface area contributed by atoms with Crippen molar-refractivity contribution in [3.05, 3.63) is 12.2 Å². The van der Waals surface area contributed by atoms with Crippen LogP contribution in [0.4, 0.5) is 0 Å². The highest BCUT2D eigenvalue weighted by molar-refractivity contribution is 5.15. The zero-order valence-electron chi connectivity index (χ0n) is 11.8. The van der Waals surface area contributed by atoms with Crippen molar-refractivity contribution in [1.29, 1.82) is 5.26 Å². The van der Waals surface area contributed by atoms with E-state index in [-0.39, 0.29) is 0 Å². The van der Waals surface area contributed by atoms with Crippen molar-refractivity contribution in [1.82, 2.24) is 0 Å². The SMILES string of the molecule is C=C(CC)C12CCC(CC)(CC1)CC2.CC#N. The van der Waals surface area contributed by atoms with E-state index in [1.807, 2.05) is 0 Å². The average molecular weight is 233 g/mol. The number of nitriles is 1. The van der Waals surface area contributed by atoms with E-state index < -0.39 is 0 Å². The molecule has 3 rings (SSSR count). The minimum absolute atomic E-state index is 0.575. The number of nitrogens with zero attached hydrogens (tertiary/aromatic N) is 1. The summed E-state index contributed by atoms with van der Waals surface area (Å²) in [6.07, 6.45) is 11.3. The van der Waals surface area contributed by atoms with Gasteiger partial charge in [0.15, 0.2) is 0 Å². The normalized spacial score (nSPS) is 34.5. The number of allylic oxidation sites excluding steroid dienone is 1. The molecule has 0 radical (unpaired) electrons. The molecule has 0 amide bonds. The highest BCUT2D eigenvalue weighted by atomic mass is 14.5. The van der Waals surface area contributed by atoms with Crippen molar-refractivity contribution in [2.45, 2.75) is 72.1 Å². The van der Waals surface area contributed by atoms with Gasteiger partial charge in [0, 0.05) is 6.92 Å². The molecule has 3 aliphatic carbocycles. The van der Waals surface area contributed by atoms with E-state index in [0.717, 1.165) is 5.41 Å². The van der Waals surface area contributed by atoms with Crippen LogP contribution in [0.2, 0.25) is 0 Å². The predicted octanol–water partition coefficient (Wildman–Crippen LogP) is 5.23. The van der Waals surface area contributed by atoms with Crippen LogP contribution in [0.1, 0.15) is 72.1 Å². The maximum atomic E-state index is 7.32. The Kier molecular flexibility index (Phi) is 4.80. The van der Waals surface area contributed by atoms with Crippen molar-refractivity contribution in [3.63, 3.8) is 0 Å². The van der Waals surface area contributed by atoms with Gasteiger partial charge in [-0.15, -0.1) is 0 Å². The van der Waals surface area contributed by atoms with Gasteiger partial charge in [-0.25, -0.2) is 0 Å². The first-order chi connectivity index (χ1) is 8.08. The van der Waals surface area contributed by atoms with Gasteiger partial charge in [0.25, 0.3) is 0 Å². The minimum Gasteiger partial charge on any atom is -0.199 e. The van der Waals surface area contributed by atoms with Crippen LogP contribution in [0, 0.1) is 22.2 Å². The number of rotatable bonds is 3. The molecule has 3 fully saturated rings. The summed E-state index contributed by atoms with van der Waals surface area (Å²) in [6, 6.07) is 1.75. The second kappa shape index (κ2) is 5.71. The molecular formula is C16H27N. The van der Waals surface area contributed by atoms with Crippen LogP contribution in [-0.4, -0.2) is 0 Å². The Hall–Kier alpha value is -0.770. The van der Waals surface area contributed by atoms with E-state index in [0.29, 0.717) is 5.41 Å². The van der Waals surface area contributed by atoms with Crippen molar-refractivity contribution in [3.8, 4) is 6.07 Å². The summed E-state index contributed by atoms with van der Waals surface area (Å²) in [5.41, 5.74) is 2.86. The summed E-state index contributed by atoms with van der Waals surface area (Å²) in [6.45, 7) is 10.4. The molecule has 1 heteroatoms. The standard InChI is InChI=1S/C14H24.C2H3N/c1-4-12(3)14-9-6-13(5-2,7-10-14)8-11-14;1-2-3/h3-11H2,1-2H3;1H3. The van der Waals surface area contributed by atoms with E-state index in [4.69, 9.17) is 5.26 Å². The van der Waals surface area contributed by atoms with E-state index in [1.54, 1.807) is 11.6 Å². The lowest BCUT2D eigenvalue weighted by atomic mass is 9.51. The fraction of sp³-hybridized carbons (Fsp3) is 0.812. The zero-order valence-corrected chi connectivity index (χ0v) is 11.8. The highest BCUT2D eigenvalue weighted by Crippen LogP contribution is 2.60. The summed E-state index contributed by atoms with van der Waals surface area (Å²) in [7, 11) is 0. The molecule has 0 unspecified atom stereocenters. The van der Waals surface area contributed by atoms with Crippen molar-refractivity contribution in [2.24, 2.45) is 10.8 Å². The largest absolute Gasteiger partial charge is 0.199 e. The van der Waals surface area contributed by atoms with Gasteiger partial charge in [-0.2, -0.15) is 5.26 Å². The Labute approximate surface area is 107 Å². The van der Waals surface area contributed by atoms with Gasteiger partial charge in [0.1, 0.15) is 0 Å². The molecule has 3 saturated carbocycles. The third kappa shape index (κ3) is 2.73. The average Bonchev–Trinajstić information content (AvgIpc) is 2.41. The molecule has 17 heavy (non-hydrogen) atoms. The zero-order chi connectivity index (χ0) is 12.9.